The number of hydrogen-bond donors (Lipinski definition) is 0. The zero-order valence-corrected chi connectivity index (χ0v) is 9.64. The minimum atomic E-state index is -0.226. The molecule has 0 aromatic rings. The highest BCUT2D eigenvalue weighted by molar-refractivity contribution is 5.96. The van der Waals surface area contributed by atoms with Gasteiger partial charge in [0.05, 0.1) is 12.2 Å². The van der Waals surface area contributed by atoms with Crippen molar-refractivity contribution in [1.29, 1.82) is 0 Å². The molecule has 2 heteroatoms. The Bertz CT molecular complexity index is 261. The maximum atomic E-state index is 11.6. The van der Waals surface area contributed by atoms with Crippen LogP contribution < -0.4 is 0 Å². The fourth-order valence-corrected chi connectivity index (χ4v) is 1.95. The van der Waals surface area contributed by atoms with E-state index in [1.807, 2.05) is 20.8 Å². The van der Waals surface area contributed by atoms with Crippen molar-refractivity contribution in [3.8, 4) is 0 Å². The van der Waals surface area contributed by atoms with E-state index in [0.29, 0.717) is 13.0 Å². The fraction of sp³-hybridized carbons (Fsp3) is 0.750. The van der Waals surface area contributed by atoms with Gasteiger partial charge < -0.3 is 4.74 Å². The van der Waals surface area contributed by atoms with Crippen LogP contribution in [0.15, 0.2) is 11.1 Å². The van der Waals surface area contributed by atoms with Gasteiger partial charge in [0.15, 0.2) is 5.78 Å². The number of carbonyl (C=O) groups is 1. The third kappa shape index (κ3) is 2.06. The third-order valence-electron chi connectivity index (χ3n) is 2.83. The molecule has 0 amide bonds. The van der Waals surface area contributed by atoms with E-state index in [1.165, 1.54) is 5.57 Å². The fourth-order valence-electron chi connectivity index (χ4n) is 1.95. The lowest BCUT2D eigenvalue weighted by atomic mass is 9.90. The highest BCUT2D eigenvalue weighted by Gasteiger charge is 2.34. The van der Waals surface area contributed by atoms with E-state index < -0.39 is 0 Å². The molecule has 0 aromatic heterocycles. The van der Waals surface area contributed by atoms with Crippen LogP contribution in [0.2, 0.25) is 0 Å². The van der Waals surface area contributed by atoms with Gasteiger partial charge in [-0.05, 0) is 25.8 Å². The molecule has 0 saturated carbocycles. The Balaban J connectivity index is 2.97. The first-order chi connectivity index (χ1) is 6.53. The van der Waals surface area contributed by atoms with Crippen molar-refractivity contribution in [2.45, 2.75) is 52.6 Å². The summed E-state index contributed by atoms with van der Waals surface area (Å²) in [5.74, 6) is 0.249. The van der Waals surface area contributed by atoms with Gasteiger partial charge in [-0.25, -0.2) is 0 Å². The van der Waals surface area contributed by atoms with E-state index in [0.717, 1.165) is 18.4 Å². The third-order valence-corrected chi connectivity index (χ3v) is 2.83. The molecule has 80 valence electrons. The van der Waals surface area contributed by atoms with Crippen molar-refractivity contribution in [3.05, 3.63) is 11.1 Å². The summed E-state index contributed by atoms with van der Waals surface area (Å²) in [5, 5.41) is 0. The first-order valence-electron chi connectivity index (χ1n) is 5.42. The van der Waals surface area contributed by atoms with E-state index in [9.17, 15) is 4.79 Å². The molecule has 0 aliphatic carbocycles. The van der Waals surface area contributed by atoms with Crippen LogP contribution in [0.5, 0.6) is 0 Å². The highest BCUT2D eigenvalue weighted by atomic mass is 16.5. The Hall–Kier alpha value is -0.630. The summed E-state index contributed by atoms with van der Waals surface area (Å²) in [6.45, 7) is 8.65. The van der Waals surface area contributed by atoms with Crippen molar-refractivity contribution >= 4 is 5.78 Å². The Morgan fingerprint density at radius 3 is 2.57 bits per heavy atom. The minimum absolute atomic E-state index is 0.226. The van der Waals surface area contributed by atoms with Gasteiger partial charge in [0.2, 0.25) is 0 Å². The largest absolute Gasteiger partial charge is 0.366 e. The lowest BCUT2D eigenvalue weighted by Gasteiger charge is -2.21. The Morgan fingerprint density at radius 1 is 1.43 bits per heavy atom. The van der Waals surface area contributed by atoms with Gasteiger partial charge in [0, 0.05) is 12.0 Å². The molecule has 1 aliphatic heterocycles. The number of ketones is 1. The van der Waals surface area contributed by atoms with Gasteiger partial charge in [-0.15, -0.1) is 0 Å². The second-order valence-corrected chi connectivity index (χ2v) is 4.28. The van der Waals surface area contributed by atoms with Crippen LogP contribution in [0, 0.1) is 0 Å². The average Bonchev–Trinajstić information content (AvgIpc) is 2.43. The van der Waals surface area contributed by atoms with Gasteiger partial charge >= 0.3 is 0 Å². The zero-order valence-electron chi connectivity index (χ0n) is 9.64. The van der Waals surface area contributed by atoms with Gasteiger partial charge in [-0.2, -0.15) is 0 Å². The maximum absolute atomic E-state index is 11.6. The van der Waals surface area contributed by atoms with Crippen LogP contribution in [-0.2, 0) is 9.53 Å². The molecule has 0 bridgehead atoms. The summed E-state index contributed by atoms with van der Waals surface area (Å²) in [6.07, 6.45) is 2.64. The molecule has 1 aliphatic rings. The lowest BCUT2D eigenvalue weighted by molar-refractivity contribution is -0.115. The number of carbonyl (C=O) groups excluding carboxylic acids is 1. The van der Waals surface area contributed by atoms with Gasteiger partial charge in [0.25, 0.3) is 0 Å². The van der Waals surface area contributed by atoms with E-state index in [-0.39, 0.29) is 11.4 Å². The highest BCUT2D eigenvalue weighted by Crippen LogP contribution is 2.34. The Labute approximate surface area is 86.3 Å². The summed E-state index contributed by atoms with van der Waals surface area (Å²) >= 11 is 0. The van der Waals surface area contributed by atoms with E-state index >= 15 is 0 Å². The molecule has 14 heavy (non-hydrogen) atoms. The SMILES string of the molecule is CCCC1=C(C(=O)CC)COC1(C)C. The molecular weight excluding hydrogens is 176 g/mol. The summed E-state index contributed by atoms with van der Waals surface area (Å²) in [6, 6.07) is 0. The molecule has 1 rings (SSSR count). The van der Waals surface area contributed by atoms with Crippen LogP contribution in [0.4, 0.5) is 0 Å². The van der Waals surface area contributed by atoms with Gasteiger partial charge in [-0.1, -0.05) is 20.3 Å². The van der Waals surface area contributed by atoms with E-state index in [4.69, 9.17) is 4.74 Å². The number of rotatable bonds is 4. The maximum Gasteiger partial charge on any atom is 0.160 e. The summed E-state index contributed by atoms with van der Waals surface area (Å²) < 4.78 is 5.65. The van der Waals surface area contributed by atoms with Crippen molar-refractivity contribution in [1.82, 2.24) is 0 Å². The van der Waals surface area contributed by atoms with Crippen molar-refractivity contribution < 1.29 is 9.53 Å². The Morgan fingerprint density at radius 2 is 2.07 bits per heavy atom. The summed E-state index contributed by atoms with van der Waals surface area (Å²) in [5.41, 5.74) is 1.92. The smallest absolute Gasteiger partial charge is 0.160 e. The van der Waals surface area contributed by atoms with Crippen LogP contribution in [0.3, 0.4) is 0 Å². The van der Waals surface area contributed by atoms with Gasteiger partial charge in [-0.3, -0.25) is 4.79 Å². The second-order valence-electron chi connectivity index (χ2n) is 4.28. The molecule has 0 radical (unpaired) electrons. The molecule has 1 heterocycles. The molecule has 0 fully saturated rings. The Kier molecular flexibility index (Phi) is 3.48. The van der Waals surface area contributed by atoms with E-state index in [1.54, 1.807) is 0 Å². The molecule has 2 nitrogen and oxygen atoms in total. The number of Topliss-reactive ketones (excluding diaryl/α,β-unsaturated/α-hetero) is 1. The predicted octanol–water partition coefficient (Wildman–Crippen LogP) is 2.87. The molecule has 0 aromatic carbocycles. The summed E-state index contributed by atoms with van der Waals surface area (Å²) in [7, 11) is 0. The second kappa shape index (κ2) is 4.26. The zero-order chi connectivity index (χ0) is 10.8. The monoisotopic (exact) mass is 196 g/mol. The van der Waals surface area contributed by atoms with Crippen molar-refractivity contribution in [3.63, 3.8) is 0 Å². The molecule has 0 unspecified atom stereocenters. The number of ether oxygens (including phenoxy) is 1. The van der Waals surface area contributed by atoms with Crippen LogP contribution in [0.1, 0.15) is 47.0 Å². The van der Waals surface area contributed by atoms with Crippen molar-refractivity contribution in [2.75, 3.05) is 6.61 Å². The first kappa shape index (κ1) is 11.4. The van der Waals surface area contributed by atoms with Crippen molar-refractivity contribution in [2.24, 2.45) is 0 Å². The predicted molar refractivity (Wildman–Crippen MR) is 57.3 cm³/mol. The standard InChI is InChI=1S/C12H20O2/c1-5-7-10-9(11(13)6-2)8-14-12(10,3)4/h5-8H2,1-4H3. The van der Waals surface area contributed by atoms with Crippen LogP contribution in [-0.4, -0.2) is 18.0 Å². The molecule has 0 saturated heterocycles. The van der Waals surface area contributed by atoms with Crippen LogP contribution in [0.25, 0.3) is 0 Å². The minimum Gasteiger partial charge on any atom is -0.366 e. The quantitative estimate of drug-likeness (QED) is 0.691. The molecule has 0 N–H and O–H groups in total. The van der Waals surface area contributed by atoms with Crippen LogP contribution >= 0.6 is 0 Å². The topological polar surface area (TPSA) is 26.3 Å². The number of hydrogen-bond acceptors (Lipinski definition) is 2. The molecular formula is C12H20O2. The normalized spacial score (nSPS) is 20.3. The van der Waals surface area contributed by atoms with E-state index in [2.05, 4.69) is 6.92 Å². The van der Waals surface area contributed by atoms with Gasteiger partial charge in [0.1, 0.15) is 0 Å². The first-order valence-corrected chi connectivity index (χ1v) is 5.42. The summed E-state index contributed by atoms with van der Waals surface area (Å²) in [4.78, 5) is 11.6. The molecule has 0 spiro atoms. The molecule has 0 atom stereocenters. The lowest BCUT2D eigenvalue weighted by Crippen LogP contribution is -2.22. The average molecular weight is 196 g/mol.